The van der Waals surface area contributed by atoms with Gasteiger partial charge >= 0.3 is 0 Å². The first-order valence-corrected chi connectivity index (χ1v) is 6.94. The zero-order valence-electron chi connectivity index (χ0n) is 11.5. The first-order valence-electron chi connectivity index (χ1n) is 6.94. The van der Waals surface area contributed by atoms with E-state index in [4.69, 9.17) is 10.5 Å². The number of amides is 1. The van der Waals surface area contributed by atoms with E-state index in [1.807, 2.05) is 29.2 Å². The van der Waals surface area contributed by atoms with Crippen LogP contribution in [0.4, 0.5) is 5.69 Å². The van der Waals surface area contributed by atoms with Gasteiger partial charge in [0.2, 0.25) is 5.91 Å². The molecule has 0 saturated carbocycles. The number of nitrogens with two attached hydrogens (primary N) is 1. The molecule has 0 aliphatic carbocycles. The van der Waals surface area contributed by atoms with Crippen LogP contribution in [0.2, 0.25) is 0 Å². The van der Waals surface area contributed by atoms with E-state index in [0.29, 0.717) is 19.8 Å². The summed E-state index contributed by atoms with van der Waals surface area (Å²) in [7, 11) is 0. The Labute approximate surface area is 114 Å². The van der Waals surface area contributed by atoms with Crippen molar-refractivity contribution in [2.24, 2.45) is 11.7 Å². The maximum Gasteiger partial charge on any atom is 0.232 e. The molecule has 1 atom stereocenters. The van der Waals surface area contributed by atoms with E-state index in [-0.39, 0.29) is 11.8 Å². The highest BCUT2D eigenvalue weighted by Gasteiger charge is 2.28. The number of benzene rings is 1. The maximum atomic E-state index is 12.5. The van der Waals surface area contributed by atoms with Crippen molar-refractivity contribution in [1.29, 1.82) is 0 Å². The minimum absolute atomic E-state index is 0.0146. The largest absolute Gasteiger partial charge is 0.381 e. The summed E-state index contributed by atoms with van der Waals surface area (Å²) in [4.78, 5) is 14.4. The molecule has 0 aromatic heterocycles. The van der Waals surface area contributed by atoms with E-state index in [2.05, 4.69) is 6.92 Å². The zero-order valence-corrected chi connectivity index (χ0v) is 11.5. The van der Waals surface area contributed by atoms with Crippen molar-refractivity contribution < 1.29 is 9.53 Å². The first-order chi connectivity index (χ1) is 9.26. The molecule has 104 valence electrons. The average Bonchev–Trinajstić information content (AvgIpc) is 2.98. The third-order valence-electron chi connectivity index (χ3n) is 3.48. The van der Waals surface area contributed by atoms with Gasteiger partial charge in [-0.25, -0.2) is 0 Å². The number of carbonyl (C=O) groups excluding carboxylic acids is 1. The van der Waals surface area contributed by atoms with E-state index in [1.165, 1.54) is 0 Å². The minimum Gasteiger partial charge on any atom is -0.381 e. The Kier molecular flexibility index (Phi) is 4.93. The van der Waals surface area contributed by atoms with Gasteiger partial charge in [-0.15, -0.1) is 0 Å². The van der Waals surface area contributed by atoms with Crippen molar-refractivity contribution in [3.63, 3.8) is 0 Å². The summed E-state index contributed by atoms with van der Waals surface area (Å²) in [6.45, 7) is 4.61. The Balaban J connectivity index is 2.15. The molecule has 1 heterocycles. The van der Waals surface area contributed by atoms with Crippen LogP contribution < -0.4 is 10.6 Å². The Morgan fingerprint density at radius 3 is 2.68 bits per heavy atom. The van der Waals surface area contributed by atoms with E-state index in [9.17, 15) is 4.79 Å². The van der Waals surface area contributed by atoms with E-state index in [0.717, 1.165) is 30.6 Å². The third kappa shape index (κ3) is 3.33. The van der Waals surface area contributed by atoms with Crippen molar-refractivity contribution in [3.05, 3.63) is 29.8 Å². The predicted octanol–water partition coefficient (Wildman–Crippen LogP) is 1.92. The van der Waals surface area contributed by atoms with Crippen LogP contribution in [-0.2, 0) is 16.1 Å². The number of ether oxygens (including phenoxy) is 1. The summed E-state index contributed by atoms with van der Waals surface area (Å²) in [5.41, 5.74) is 7.63. The zero-order chi connectivity index (χ0) is 13.7. The van der Waals surface area contributed by atoms with Gasteiger partial charge in [0, 0.05) is 25.4 Å². The molecule has 0 radical (unpaired) electrons. The van der Waals surface area contributed by atoms with Crippen LogP contribution in [0.1, 0.15) is 25.3 Å². The fourth-order valence-electron chi connectivity index (χ4n) is 2.35. The number of hydrogen-bond donors (Lipinski definition) is 1. The second-order valence-corrected chi connectivity index (χ2v) is 4.92. The van der Waals surface area contributed by atoms with Gasteiger partial charge in [-0.05, 0) is 30.5 Å². The van der Waals surface area contributed by atoms with Crippen LogP contribution >= 0.6 is 0 Å². The van der Waals surface area contributed by atoms with Gasteiger partial charge in [0.15, 0.2) is 0 Å². The van der Waals surface area contributed by atoms with E-state index < -0.39 is 0 Å². The van der Waals surface area contributed by atoms with Gasteiger partial charge in [-0.3, -0.25) is 4.79 Å². The van der Waals surface area contributed by atoms with Gasteiger partial charge in [-0.1, -0.05) is 19.1 Å². The van der Waals surface area contributed by atoms with Crippen molar-refractivity contribution in [3.8, 4) is 0 Å². The van der Waals surface area contributed by atoms with Crippen LogP contribution in [-0.4, -0.2) is 25.7 Å². The minimum atomic E-state index is 0.0146. The smallest absolute Gasteiger partial charge is 0.232 e. The van der Waals surface area contributed by atoms with Crippen LogP contribution in [0, 0.1) is 5.92 Å². The van der Waals surface area contributed by atoms with E-state index >= 15 is 0 Å². The Hall–Kier alpha value is -1.39. The lowest BCUT2D eigenvalue weighted by Crippen LogP contribution is -2.37. The summed E-state index contributed by atoms with van der Waals surface area (Å²) in [5.74, 6) is 0.195. The molecule has 0 bridgehead atoms. The molecule has 1 unspecified atom stereocenters. The molecule has 4 nitrogen and oxygen atoms in total. The molecular formula is C15H22N2O2. The fourth-order valence-corrected chi connectivity index (χ4v) is 2.35. The highest BCUT2D eigenvalue weighted by atomic mass is 16.5. The molecule has 1 saturated heterocycles. The van der Waals surface area contributed by atoms with Crippen molar-refractivity contribution in [2.45, 2.75) is 26.3 Å². The number of carbonyl (C=O) groups is 1. The van der Waals surface area contributed by atoms with Crippen molar-refractivity contribution in [2.75, 3.05) is 24.7 Å². The molecule has 2 N–H and O–H groups in total. The second kappa shape index (κ2) is 6.68. The molecule has 1 aromatic carbocycles. The topological polar surface area (TPSA) is 55.6 Å². The Morgan fingerprint density at radius 1 is 1.42 bits per heavy atom. The molecule has 4 heteroatoms. The highest BCUT2D eigenvalue weighted by molar-refractivity contribution is 5.95. The molecule has 1 fully saturated rings. The summed E-state index contributed by atoms with van der Waals surface area (Å²) in [5, 5.41) is 0. The standard InChI is InChI=1S/C15H22N2O2/c1-2-8-17(15(18)13-7-9-19-11-13)14-5-3-12(10-16)4-6-14/h3-6,13H,2,7-11,16H2,1H3. The Morgan fingerprint density at radius 2 is 2.16 bits per heavy atom. The van der Waals surface area contributed by atoms with Crippen LogP contribution in [0.15, 0.2) is 24.3 Å². The van der Waals surface area contributed by atoms with Gasteiger partial charge < -0.3 is 15.4 Å². The normalized spacial score (nSPS) is 18.5. The Bertz CT molecular complexity index is 411. The highest BCUT2D eigenvalue weighted by Crippen LogP contribution is 2.22. The monoisotopic (exact) mass is 262 g/mol. The van der Waals surface area contributed by atoms with Gasteiger partial charge in [0.1, 0.15) is 0 Å². The lowest BCUT2D eigenvalue weighted by atomic mass is 10.1. The third-order valence-corrected chi connectivity index (χ3v) is 3.48. The SMILES string of the molecule is CCCN(C(=O)C1CCOC1)c1ccc(CN)cc1. The molecule has 1 aliphatic rings. The van der Waals surface area contributed by atoms with Crippen LogP contribution in [0.25, 0.3) is 0 Å². The summed E-state index contributed by atoms with van der Waals surface area (Å²) < 4.78 is 5.31. The summed E-state index contributed by atoms with van der Waals surface area (Å²) in [6, 6.07) is 7.92. The summed E-state index contributed by atoms with van der Waals surface area (Å²) >= 11 is 0. The molecule has 0 spiro atoms. The number of anilines is 1. The number of nitrogens with zero attached hydrogens (tertiary/aromatic N) is 1. The fraction of sp³-hybridized carbons (Fsp3) is 0.533. The van der Waals surface area contributed by atoms with Crippen molar-refractivity contribution >= 4 is 11.6 Å². The molecular weight excluding hydrogens is 240 g/mol. The lowest BCUT2D eigenvalue weighted by Gasteiger charge is -2.25. The lowest BCUT2D eigenvalue weighted by molar-refractivity contribution is -0.122. The molecule has 1 amide bonds. The van der Waals surface area contributed by atoms with Gasteiger partial charge in [-0.2, -0.15) is 0 Å². The quantitative estimate of drug-likeness (QED) is 0.882. The number of hydrogen-bond acceptors (Lipinski definition) is 3. The molecule has 19 heavy (non-hydrogen) atoms. The second-order valence-electron chi connectivity index (χ2n) is 4.92. The van der Waals surface area contributed by atoms with Gasteiger partial charge in [0.25, 0.3) is 0 Å². The molecule has 2 rings (SSSR count). The van der Waals surface area contributed by atoms with Crippen LogP contribution in [0.5, 0.6) is 0 Å². The maximum absolute atomic E-state index is 12.5. The molecule has 1 aliphatic heterocycles. The van der Waals surface area contributed by atoms with Crippen molar-refractivity contribution in [1.82, 2.24) is 0 Å². The van der Waals surface area contributed by atoms with Gasteiger partial charge in [0.05, 0.1) is 12.5 Å². The average molecular weight is 262 g/mol. The number of rotatable bonds is 5. The van der Waals surface area contributed by atoms with E-state index in [1.54, 1.807) is 0 Å². The van der Waals surface area contributed by atoms with Crippen LogP contribution in [0.3, 0.4) is 0 Å². The summed E-state index contributed by atoms with van der Waals surface area (Å²) in [6.07, 6.45) is 1.78. The predicted molar refractivity (Wildman–Crippen MR) is 75.9 cm³/mol. The molecule has 1 aromatic rings. The first kappa shape index (κ1) is 14.0.